The number of halogens is 1. The molecule has 0 aliphatic heterocycles. The van der Waals surface area contributed by atoms with Crippen LogP contribution in [0.5, 0.6) is 0 Å². The third kappa shape index (κ3) is 2.62. The van der Waals surface area contributed by atoms with Crippen LogP contribution in [0.15, 0.2) is 24.5 Å². The van der Waals surface area contributed by atoms with Crippen LogP contribution in [0.2, 0.25) is 4.34 Å². The Bertz CT molecular complexity index is 468. The van der Waals surface area contributed by atoms with Crippen LogP contribution in [0.25, 0.3) is 0 Å². The fraction of sp³-hybridized carbons (Fsp3) is 0.200. The first-order valence-electron chi connectivity index (χ1n) is 4.74. The van der Waals surface area contributed by atoms with E-state index in [0.29, 0.717) is 11.6 Å². The molecule has 0 saturated carbocycles. The summed E-state index contributed by atoms with van der Waals surface area (Å²) in [5.74, 6) is 1.11. The summed E-state index contributed by atoms with van der Waals surface area (Å²) in [5.41, 5.74) is 5.46. The lowest BCUT2D eigenvalue weighted by Crippen LogP contribution is -2.07. The second-order valence-corrected chi connectivity index (χ2v) is 5.08. The number of thiophene rings is 1. The third-order valence-corrected chi connectivity index (χ3v) is 3.47. The summed E-state index contributed by atoms with van der Waals surface area (Å²) < 4.78 is 0.784. The summed E-state index contributed by atoms with van der Waals surface area (Å²) in [7, 11) is 0. The van der Waals surface area contributed by atoms with Gasteiger partial charge in [0.15, 0.2) is 0 Å². The number of nitrogens with one attached hydrogen (secondary N) is 1. The fourth-order valence-corrected chi connectivity index (χ4v) is 2.33. The van der Waals surface area contributed by atoms with Gasteiger partial charge < -0.3 is 11.1 Å². The Hall–Kier alpha value is -1.33. The molecule has 1 atom stereocenters. The molecule has 0 amide bonds. The largest absolute Gasteiger partial charge is 0.382 e. The highest BCUT2D eigenvalue weighted by molar-refractivity contribution is 7.16. The van der Waals surface area contributed by atoms with Gasteiger partial charge in [0, 0.05) is 4.88 Å². The Balaban J connectivity index is 2.07. The lowest BCUT2D eigenvalue weighted by molar-refractivity contribution is 0.893. The van der Waals surface area contributed by atoms with Crippen LogP contribution in [0.4, 0.5) is 11.6 Å². The Morgan fingerprint density at radius 3 is 2.75 bits per heavy atom. The standard InChI is InChI=1S/C10H11ClN4S/c1-6(7-2-3-8(11)16-7)15-10-5-13-9(12)4-14-10/h2-6H,1H3,(H2,12,13)(H,14,15). The molecule has 1 unspecified atom stereocenters. The number of aromatic nitrogens is 2. The maximum atomic E-state index is 5.87. The Morgan fingerprint density at radius 2 is 2.19 bits per heavy atom. The third-order valence-electron chi connectivity index (χ3n) is 2.06. The molecule has 4 nitrogen and oxygen atoms in total. The van der Waals surface area contributed by atoms with Crippen molar-refractivity contribution in [1.29, 1.82) is 0 Å². The first-order valence-corrected chi connectivity index (χ1v) is 5.94. The van der Waals surface area contributed by atoms with Crippen LogP contribution in [-0.2, 0) is 0 Å². The second kappa shape index (κ2) is 4.67. The van der Waals surface area contributed by atoms with Gasteiger partial charge in [-0.3, -0.25) is 0 Å². The molecule has 2 aromatic rings. The van der Waals surface area contributed by atoms with Gasteiger partial charge in [-0.15, -0.1) is 11.3 Å². The minimum Gasteiger partial charge on any atom is -0.382 e. The molecule has 0 fully saturated rings. The zero-order chi connectivity index (χ0) is 11.5. The van der Waals surface area contributed by atoms with Crippen LogP contribution < -0.4 is 11.1 Å². The second-order valence-electron chi connectivity index (χ2n) is 3.33. The predicted molar refractivity (Wildman–Crippen MR) is 67.8 cm³/mol. The summed E-state index contributed by atoms with van der Waals surface area (Å²) >= 11 is 7.42. The molecule has 0 aromatic carbocycles. The SMILES string of the molecule is CC(Nc1cnc(N)cn1)c1ccc(Cl)s1. The lowest BCUT2D eigenvalue weighted by Gasteiger charge is -2.12. The Kier molecular flexibility index (Phi) is 3.26. The molecule has 3 N–H and O–H groups in total. The van der Waals surface area contributed by atoms with E-state index in [1.54, 1.807) is 17.5 Å². The molecule has 0 aliphatic carbocycles. The highest BCUT2D eigenvalue weighted by Crippen LogP contribution is 2.28. The number of anilines is 2. The zero-order valence-corrected chi connectivity index (χ0v) is 10.2. The van der Waals surface area contributed by atoms with E-state index in [1.807, 2.05) is 19.1 Å². The van der Waals surface area contributed by atoms with E-state index in [1.165, 1.54) is 6.20 Å². The molecule has 2 rings (SSSR count). The average Bonchev–Trinajstić information content (AvgIpc) is 2.68. The van der Waals surface area contributed by atoms with Crippen LogP contribution >= 0.6 is 22.9 Å². The highest BCUT2D eigenvalue weighted by Gasteiger charge is 2.08. The molecule has 0 aliphatic rings. The van der Waals surface area contributed by atoms with E-state index in [2.05, 4.69) is 15.3 Å². The van der Waals surface area contributed by atoms with Crippen molar-refractivity contribution in [2.75, 3.05) is 11.1 Å². The normalized spacial score (nSPS) is 12.4. The Labute approximate surface area is 102 Å². The van der Waals surface area contributed by atoms with Crippen molar-refractivity contribution >= 4 is 34.6 Å². The van der Waals surface area contributed by atoms with Crippen LogP contribution in [0.3, 0.4) is 0 Å². The van der Waals surface area contributed by atoms with Crippen LogP contribution in [-0.4, -0.2) is 9.97 Å². The molecule has 84 valence electrons. The Morgan fingerprint density at radius 1 is 1.38 bits per heavy atom. The van der Waals surface area contributed by atoms with Crippen molar-refractivity contribution in [2.24, 2.45) is 0 Å². The maximum absolute atomic E-state index is 5.87. The number of nitrogen functional groups attached to an aromatic ring is 1. The van der Waals surface area contributed by atoms with E-state index in [0.717, 1.165) is 9.21 Å². The number of hydrogen-bond acceptors (Lipinski definition) is 5. The summed E-state index contributed by atoms with van der Waals surface area (Å²) in [4.78, 5) is 9.24. The van der Waals surface area contributed by atoms with Gasteiger partial charge in [0.25, 0.3) is 0 Å². The van der Waals surface area contributed by atoms with E-state index in [9.17, 15) is 0 Å². The van der Waals surface area contributed by atoms with Crippen molar-refractivity contribution in [1.82, 2.24) is 9.97 Å². The van der Waals surface area contributed by atoms with Gasteiger partial charge in [-0.25, -0.2) is 9.97 Å². The molecule has 0 spiro atoms. The monoisotopic (exact) mass is 254 g/mol. The van der Waals surface area contributed by atoms with Gasteiger partial charge in [-0.1, -0.05) is 11.6 Å². The fourth-order valence-electron chi connectivity index (χ4n) is 1.27. The highest BCUT2D eigenvalue weighted by atomic mass is 35.5. The number of nitrogens with two attached hydrogens (primary N) is 1. The van der Waals surface area contributed by atoms with Gasteiger partial charge in [0.1, 0.15) is 11.6 Å². The summed E-state index contributed by atoms with van der Waals surface area (Å²) in [6.45, 7) is 2.04. The van der Waals surface area contributed by atoms with Gasteiger partial charge in [0.05, 0.1) is 22.8 Å². The van der Waals surface area contributed by atoms with Crippen LogP contribution in [0, 0.1) is 0 Å². The van der Waals surface area contributed by atoms with E-state index < -0.39 is 0 Å². The van der Waals surface area contributed by atoms with Gasteiger partial charge in [-0.2, -0.15) is 0 Å². The minimum atomic E-state index is 0.149. The molecular weight excluding hydrogens is 244 g/mol. The molecule has 2 heterocycles. The van der Waals surface area contributed by atoms with E-state index in [-0.39, 0.29) is 6.04 Å². The molecule has 0 radical (unpaired) electrons. The first kappa shape index (κ1) is 11.2. The molecule has 0 bridgehead atoms. The first-order chi connectivity index (χ1) is 7.65. The summed E-state index contributed by atoms with van der Waals surface area (Å²) in [5, 5.41) is 3.22. The maximum Gasteiger partial charge on any atom is 0.145 e. The molecule has 6 heteroatoms. The van der Waals surface area contributed by atoms with E-state index >= 15 is 0 Å². The summed E-state index contributed by atoms with van der Waals surface area (Å²) in [6.07, 6.45) is 3.14. The van der Waals surface area contributed by atoms with Gasteiger partial charge >= 0.3 is 0 Å². The van der Waals surface area contributed by atoms with E-state index in [4.69, 9.17) is 17.3 Å². The molecule has 0 saturated heterocycles. The molecule has 2 aromatic heterocycles. The summed E-state index contributed by atoms with van der Waals surface area (Å²) in [6, 6.07) is 4.03. The van der Waals surface area contributed by atoms with Gasteiger partial charge in [0.2, 0.25) is 0 Å². The van der Waals surface area contributed by atoms with Crippen molar-refractivity contribution in [3.8, 4) is 0 Å². The smallest absolute Gasteiger partial charge is 0.145 e. The average molecular weight is 255 g/mol. The minimum absolute atomic E-state index is 0.149. The van der Waals surface area contributed by atoms with Crippen molar-refractivity contribution in [2.45, 2.75) is 13.0 Å². The number of nitrogens with zero attached hydrogens (tertiary/aromatic N) is 2. The quantitative estimate of drug-likeness (QED) is 0.884. The van der Waals surface area contributed by atoms with Gasteiger partial charge in [-0.05, 0) is 19.1 Å². The molecular formula is C10H11ClN4S. The number of hydrogen-bond donors (Lipinski definition) is 2. The zero-order valence-electron chi connectivity index (χ0n) is 8.64. The molecule has 16 heavy (non-hydrogen) atoms. The predicted octanol–water partition coefficient (Wildman–Crippen LogP) is 2.95. The number of rotatable bonds is 3. The topological polar surface area (TPSA) is 63.8 Å². The van der Waals surface area contributed by atoms with Crippen LogP contribution in [0.1, 0.15) is 17.8 Å². The van der Waals surface area contributed by atoms with Crippen molar-refractivity contribution in [3.05, 3.63) is 33.7 Å². The van der Waals surface area contributed by atoms with Crippen molar-refractivity contribution in [3.63, 3.8) is 0 Å². The lowest BCUT2D eigenvalue weighted by atomic mass is 10.3. The van der Waals surface area contributed by atoms with Crippen molar-refractivity contribution < 1.29 is 0 Å².